The van der Waals surface area contributed by atoms with Gasteiger partial charge in [0, 0.05) is 24.0 Å². The van der Waals surface area contributed by atoms with Crippen molar-refractivity contribution in [3.05, 3.63) is 53.6 Å². The Morgan fingerprint density at radius 2 is 1.95 bits per heavy atom. The summed E-state index contributed by atoms with van der Waals surface area (Å²) in [6, 6.07) is 9.00. The molecule has 0 fully saturated rings. The molecule has 0 saturated heterocycles. The van der Waals surface area contributed by atoms with Crippen LogP contribution in [0.15, 0.2) is 36.5 Å². The molecule has 2 aromatic rings. The molecule has 0 saturated carbocycles. The van der Waals surface area contributed by atoms with Crippen LogP contribution in [0.25, 0.3) is 0 Å². The monoisotopic (exact) mass is 294 g/mol. The van der Waals surface area contributed by atoms with E-state index < -0.39 is 0 Å². The van der Waals surface area contributed by atoms with Crippen LogP contribution < -0.4 is 0 Å². The summed E-state index contributed by atoms with van der Waals surface area (Å²) >= 11 is 6.06. The zero-order chi connectivity index (χ0) is 14.5. The van der Waals surface area contributed by atoms with Crippen molar-refractivity contribution in [3.63, 3.8) is 0 Å². The van der Waals surface area contributed by atoms with Gasteiger partial charge in [0.05, 0.1) is 5.69 Å². The fourth-order valence-electron chi connectivity index (χ4n) is 2.17. The van der Waals surface area contributed by atoms with Gasteiger partial charge >= 0.3 is 0 Å². The number of benzene rings is 1. The maximum Gasteiger partial charge on any atom is 0.123 e. The molecule has 0 aliphatic carbocycles. The van der Waals surface area contributed by atoms with Crippen molar-refractivity contribution in [2.24, 2.45) is 0 Å². The standard InChI is InChI=1S/C16H20ClFN2/c1-3-12(2)20-9-8-16(19-20)10-14(11-17)13-4-6-15(18)7-5-13/h4-9,12,14H,3,10-11H2,1-2H3. The highest BCUT2D eigenvalue weighted by Crippen LogP contribution is 2.22. The molecule has 0 N–H and O–H groups in total. The number of nitrogens with zero attached hydrogens (tertiary/aromatic N) is 2. The van der Waals surface area contributed by atoms with Crippen LogP contribution in [0.3, 0.4) is 0 Å². The quantitative estimate of drug-likeness (QED) is 0.714. The Bertz CT molecular complexity index is 536. The summed E-state index contributed by atoms with van der Waals surface area (Å²) in [7, 11) is 0. The highest BCUT2D eigenvalue weighted by molar-refractivity contribution is 6.18. The van der Waals surface area contributed by atoms with Gasteiger partial charge < -0.3 is 0 Å². The van der Waals surface area contributed by atoms with Gasteiger partial charge in [-0.25, -0.2) is 4.39 Å². The van der Waals surface area contributed by atoms with Crippen LogP contribution in [-0.2, 0) is 6.42 Å². The maximum atomic E-state index is 13.0. The molecule has 0 aliphatic rings. The minimum absolute atomic E-state index is 0.164. The lowest BCUT2D eigenvalue weighted by Gasteiger charge is -2.13. The zero-order valence-electron chi connectivity index (χ0n) is 11.9. The summed E-state index contributed by atoms with van der Waals surface area (Å²) in [6.45, 7) is 4.29. The number of hydrogen-bond donors (Lipinski definition) is 0. The van der Waals surface area contributed by atoms with Gasteiger partial charge in [-0.3, -0.25) is 4.68 Å². The van der Waals surface area contributed by atoms with E-state index in [-0.39, 0.29) is 11.7 Å². The van der Waals surface area contributed by atoms with Crippen molar-refractivity contribution in [1.82, 2.24) is 9.78 Å². The lowest BCUT2D eigenvalue weighted by Crippen LogP contribution is -2.08. The lowest BCUT2D eigenvalue weighted by atomic mass is 9.96. The highest BCUT2D eigenvalue weighted by Gasteiger charge is 2.14. The van der Waals surface area contributed by atoms with E-state index >= 15 is 0 Å². The van der Waals surface area contributed by atoms with Gasteiger partial charge in [0.15, 0.2) is 0 Å². The molecule has 2 rings (SSSR count). The van der Waals surface area contributed by atoms with Gasteiger partial charge in [-0.1, -0.05) is 19.1 Å². The van der Waals surface area contributed by atoms with E-state index in [0.717, 1.165) is 24.1 Å². The van der Waals surface area contributed by atoms with E-state index in [4.69, 9.17) is 11.6 Å². The van der Waals surface area contributed by atoms with E-state index in [0.29, 0.717) is 11.9 Å². The molecule has 0 spiro atoms. The van der Waals surface area contributed by atoms with Crippen LogP contribution in [-0.4, -0.2) is 15.7 Å². The van der Waals surface area contributed by atoms with E-state index in [9.17, 15) is 4.39 Å². The number of hydrogen-bond acceptors (Lipinski definition) is 1. The number of halogens is 2. The molecular formula is C16H20ClFN2. The summed E-state index contributed by atoms with van der Waals surface area (Å²) in [5, 5.41) is 4.60. The first-order valence-corrected chi connectivity index (χ1v) is 7.53. The summed E-state index contributed by atoms with van der Waals surface area (Å²) in [6.07, 6.45) is 3.84. The van der Waals surface area contributed by atoms with Crippen LogP contribution in [0.1, 0.15) is 43.5 Å². The molecule has 2 atom stereocenters. The fraction of sp³-hybridized carbons (Fsp3) is 0.438. The van der Waals surface area contributed by atoms with Crippen LogP contribution in [0.4, 0.5) is 4.39 Å². The summed E-state index contributed by atoms with van der Waals surface area (Å²) in [5.74, 6) is 0.447. The minimum Gasteiger partial charge on any atom is -0.270 e. The molecule has 108 valence electrons. The van der Waals surface area contributed by atoms with Crippen LogP contribution in [0.5, 0.6) is 0 Å². The molecule has 1 aromatic carbocycles. The molecule has 0 amide bonds. The molecule has 1 heterocycles. The Balaban J connectivity index is 2.10. The van der Waals surface area contributed by atoms with Gasteiger partial charge in [0.25, 0.3) is 0 Å². The smallest absolute Gasteiger partial charge is 0.123 e. The molecule has 1 aromatic heterocycles. The normalized spacial score (nSPS) is 14.2. The van der Waals surface area contributed by atoms with Crippen molar-refractivity contribution in [2.75, 3.05) is 5.88 Å². The van der Waals surface area contributed by atoms with Gasteiger partial charge in [-0.2, -0.15) is 5.10 Å². The summed E-state index contributed by atoms with van der Waals surface area (Å²) < 4.78 is 15.0. The van der Waals surface area contributed by atoms with Crippen molar-refractivity contribution in [1.29, 1.82) is 0 Å². The topological polar surface area (TPSA) is 17.8 Å². The predicted molar refractivity (Wildman–Crippen MR) is 80.8 cm³/mol. The zero-order valence-corrected chi connectivity index (χ0v) is 12.6. The molecule has 2 nitrogen and oxygen atoms in total. The molecule has 20 heavy (non-hydrogen) atoms. The van der Waals surface area contributed by atoms with Gasteiger partial charge in [0.1, 0.15) is 5.82 Å². The van der Waals surface area contributed by atoms with Crippen LogP contribution >= 0.6 is 11.6 Å². The molecule has 4 heteroatoms. The van der Waals surface area contributed by atoms with E-state index in [1.165, 1.54) is 12.1 Å². The molecule has 0 radical (unpaired) electrons. The van der Waals surface area contributed by atoms with E-state index in [1.54, 1.807) is 12.1 Å². The second-order valence-electron chi connectivity index (χ2n) is 5.15. The third-order valence-electron chi connectivity index (χ3n) is 3.69. The second kappa shape index (κ2) is 6.89. The fourth-order valence-corrected chi connectivity index (χ4v) is 2.45. The maximum absolute atomic E-state index is 13.0. The number of rotatable bonds is 6. The van der Waals surface area contributed by atoms with Crippen molar-refractivity contribution >= 4 is 11.6 Å². The lowest BCUT2D eigenvalue weighted by molar-refractivity contribution is 0.472. The Morgan fingerprint density at radius 3 is 2.55 bits per heavy atom. The number of aromatic nitrogens is 2. The minimum atomic E-state index is -0.219. The Kier molecular flexibility index (Phi) is 5.18. The van der Waals surface area contributed by atoms with Crippen LogP contribution in [0.2, 0.25) is 0 Å². The average molecular weight is 295 g/mol. The first-order chi connectivity index (χ1) is 9.63. The number of alkyl halides is 1. The predicted octanol–water partition coefficient (Wildman–Crippen LogP) is 4.56. The Labute approximate surface area is 124 Å². The van der Waals surface area contributed by atoms with Crippen LogP contribution in [0, 0.1) is 5.82 Å². The highest BCUT2D eigenvalue weighted by atomic mass is 35.5. The molecule has 0 aliphatic heterocycles. The molecular weight excluding hydrogens is 275 g/mol. The van der Waals surface area contributed by atoms with Crippen molar-refractivity contribution in [3.8, 4) is 0 Å². The third-order valence-corrected chi connectivity index (χ3v) is 4.06. The van der Waals surface area contributed by atoms with E-state index in [2.05, 4.69) is 18.9 Å². The van der Waals surface area contributed by atoms with Crippen molar-refractivity contribution in [2.45, 2.75) is 38.6 Å². The van der Waals surface area contributed by atoms with E-state index in [1.807, 2.05) is 16.9 Å². The van der Waals surface area contributed by atoms with Gasteiger partial charge in [-0.15, -0.1) is 11.6 Å². The van der Waals surface area contributed by atoms with Crippen molar-refractivity contribution < 1.29 is 4.39 Å². The van der Waals surface area contributed by atoms with Gasteiger partial charge in [-0.05, 0) is 43.5 Å². The van der Waals surface area contributed by atoms with Gasteiger partial charge in [0.2, 0.25) is 0 Å². The molecule has 2 unspecified atom stereocenters. The Hall–Kier alpha value is -1.35. The Morgan fingerprint density at radius 1 is 1.25 bits per heavy atom. The summed E-state index contributed by atoms with van der Waals surface area (Å²) in [4.78, 5) is 0. The molecule has 0 bridgehead atoms. The largest absolute Gasteiger partial charge is 0.270 e. The first kappa shape index (κ1) is 15.0. The average Bonchev–Trinajstić information content (AvgIpc) is 2.93. The first-order valence-electron chi connectivity index (χ1n) is 6.99. The second-order valence-corrected chi connectivity index (χ2v) is 5.46. The summed E-state index contributed by atoms with van der Waals surface area (Å²) in [5.41, 5.74) is 2.08. The SMILES string of the molecule is CCC(C)n1ccc(CC(CCl)c2ccc(F)cc2)n1. The third kappa shape index (κ3) is 3.60.